The summed E-state index contributed by atoms with van der Waals surface area (Å²) in [5, 5.41) is 23.4. The predicted octanol–water partition coefficient (Wildman–Crippen LogP) is 4.28. The first-order valence-electron chi connectivity index (χ1n) is 17.5. The Balaban J connectivity index is 1.45. The zero-order valence-electron chi connectivity index (χ0n) is 30.5. The number of nitrogens with one attached hydrogen (secondary N) is 3. The van der Waals surface area contributed by atoms with Crippen LogP contribution < -0.4 is 16.0 Å². The summed E-state index contributed by atoms with van der Waals surface area (Å²) in [7, 11) is 0. The first-order valence-corrected chi connectivity index (χ1v) is 18.4. The molecule has 51 heavy (non-hydrogen) atoms. The molecule has 1 aliphatic heterocycles. The van der Waals surface area contributed by atoms with Gasteiger partial charge >= 0.3 is 6.09 Å². The van der Waals surface area contributed by atoms with Gasteiger partial charge in [-0.25, -0.2) is 14.2 Å². The minimum absolute atomic E-state index is 0.0370. The number of halogens is 1. The topological polar surface area (TPSA) is 136 Å². The first kappa shape index (κ1) is 39.9. The second-order valence-electron chi connectivity index (χ2n) is 14.6. The van der Waals surface area contributed by atoms with Crippen molar-refractivity contribution >= 4 is 29.2 Å². The van der Waals surface area contributed by atoms with E-state index in [1.165, 1.54) is 23.5 Å². The van der Waals surface area contributed by atoms with Crippen LogP contribution in [0.5, 0.6) is 0 Å². The Hall–Kier alpha value is -3.91. The largest absolute Gasteiger partial charge is 0.443 e. The average Bonchev–Trinajstić information content (AvgIpc) is 3.49. The number of benzene rings is 2. The van der Waals surface area contributed by atoms with E-state index in [1.807, 2.05) is 82.2 Å². The SMILES string of the molecule is Cc1nc(COC(=O)NC[C@@H](C(=O)N[C@H](Cc2ccccc2)[C@@H](O)CN2CCN(Cc3ccc(F)cc3)C[C@@H]2C(=O)NC(C)(C)C)C(C)C)cs1. The molecule has 11 nitrogen and oxygen atoms in total. The van der Waals surface area contributed by atoms with E-state index in [1.54, 1.807) is 12.1 Å². The molecule has 3 amide bonds. The number of carbonyl (C=O) groups is 3. The van der Waals surface area contributed by atoms with Crippen molar-refractivity contribution in [2.45, 2.75) is 84.8 Å². The van der Waals surface area contributed by atoms with Gasteiger partial charge in [-0.1, -0.05) is 56.3 Å². The number of ether oxygens (including phenoxy) is 1. The zero-order valence-corrected chi connectivity index (χ0v) is 31.3. The van der Waals surface area contributed by atoms with Crippen LogP contribution in [0.3, 0.4) is 0 Å². The fraction of sp³-hybridized carbons (Fsp3) is 0.526. The molecule has 4 N–H and O–H groups in total. The summed E-state index contributed by atoms with van der Waals surface area (Å²) in [5.74, 6) is -1.46. The number of hydrogen-bond acceptors (Lipinski definition) is 9. The van der Waals surface area contributed by atoms with E-state index in [0.29, 0.717) is 38.3 Å². The van der Waals surface area contributed by atoms with Gasteiger partial charge in [0.1, 0.15) is 18.5 Å². The molecular formula is C38H53FN6O5S. The third-order valence-electron chi connectivity index (χ3n) is 8.83. The number of β-amino-alcohol motifs (C(OH)–C–C–N with tert-alkyl or cyclic N) is 1. The van der Waals surface area contributed by atoms with E-state index in [-0.39, 0.29) is 43.2 Å². The van der Waals surface area contributed by atoms with Gasteiger partial charge in [-0.3, -0.25) is 19.4 Å². The fourth-order valence-electron chi connectivity index (χ4n) is 6.09. The summed E-state index contributed by atoms with van der Waals surface area (Å²) >= 11 is 1.47. The molecule has 2 heterocycles. The van der Waals surface area contributed by atoms with Gasteiger partial charge in [0.15, 0.2) is 0 Å². The molecule has 4 atom stereocenters. The van der Waals surface area contributed by atoms with Crippen molar-refractivity contribution in [3.63, 3.8) is 0 Å². The lowest BCUT2D eigenvalue weighted by molar-refractivity contribution is -0.132. The minimum atomic E-state index is -1.02. The number of piperazine rings is 1. The van der Waals surface area contributed by atoms with E-state index >= 15 is 0 Å². The van der Waals surface area contributed by atoms with E-state index in [4.69, 9.17) is 4.74 Å². The molecule has 1 aliphatic rings. The molecule has 0 bridgehead atoms. The number of thiazole rings is 1. The van der Waals surface area contributed by atoms with E-state index in [9.17, 15) is 23.9 Å². The number of rotatable bonds is 15. The summed E-state index contributed by atoms with van der Waals surface area (Å²) in [6.07, 6.45) is -1.29. The molecule has 1 fully saturated rings. The Kier molecular flexibility index (Phi) is 14.5. The van der Waals surface area contributed by atoms with Crippen LogP contribution in [-0.2, 0) is 33.9 Å². The van der Waals surface area contributed by atoms with Gasteiger partial charge in [0.05, 0.1) is 28.8 Å². The molecule has 13 heteroatoms. The molecule has 0 unspecified atom stereocenters. The second kappa shape index (κ2) is 18.5. The molecule has 278 valence electrons. The van der Waals surface area contributed by atoms with Gasteiger partial charge < -0.3 is 25.8 Å². The van der Waals surface area contributed by atoms with E-state index in [2.05, 4.69) is 25.8 Å². The minimum Gasteiger partial charge on any atom is -0.443 e. The number of aliphatic hydroxyl groups excluding tert-OH is 1. The smallest absolute Gasteiger partial charge is 0.407 e. The average molecular weight is 725 g/mol. The number of amides is 3. The fourth-order valence-corrected chi connectivity index (χ4v) is 6.68. The predicted molar refractivity (Wildman–Crippen MR) is 196 cm³/mol. The van der Waals surface area contributed by atoms with Gasteiger partial charge in [-0.15, -0.1) is 11.3 Å². The summed E-state index contributed by atoms with van der Waals surface area (Å²) in [4.78, 5) is 48.4. The Labute approximate surface area is 305 Å². The summed E-state index contributed by atoms with van der Waals surface area (Å²) in [5.41, 5.74) is 2.09. The lowest BCUT2D eigenvalue weighted by Gasteiger charge is -2.43. The van der Waals surface area contributed by atoms with Gasteiger partial charge in [-0.05, 0) is 63.3 Å². The second-order valence-corrected chi connectivity index (χ2v) is 15.7. The highest BCUT2D eigenvalue weighted by molar-refractivity contribution is 7.09. The number of nitrogens with zero attached hydrogens (tertiary/aromatic N) is 3. The molecule has 0 saturated carbocycles. The number of hydrogen-bond donors (Lipinski definition) is 4. The standard InChI is InChI=1S/C38H53FN6O5S/c1-25(2)31(19-40-37(49)50-23-30-24-51-26(3)41-30)35(47)42-32(18-27-10-8-7-9-11-27)34(46)22-45-17-16-44(20-28-12-14-29(39)15-13-28)21-33(45)36(48)43-38(4,5)6/h7-15,24-25,31-34,46H,16-23H2,1-6H3,(H,40,49)(H,42,47)(H,43,48)/t31-,32-,33-,34+/m1/s1. The van der Waals surface area contributed by atoms with Gasteiger partial charge in [0, 0.05) is 50.2 Å². The van der Waals surface area contributed by atoms with Crippen molar-refractivity contribution in [2.75, 3.05) is 32.7 Å². The zero-order chi connectivity index (χ0) is 37.1. The maximum Gasteiger partial charge on any atom is 0.407 e. The molecular weight excluding hydrogens is 672 g/mol. The van der Waals surface area contributed by atoms with Crippen LogP contribution in [0.15, 0.2) is 60.0 Å². The third kappa shape index (κ3) is 13.0. The molecule has 2 aromatic carbocycles. The number of alkyl carbamates (subject to hydrolysis) is 1. The van der Waals surface area contributed by atoms with E-state index < -0.39 is 35.7 Å². The normalized spacial score (nSPS) is 17.4. The van der Waals surface area contributed by atoms with Crippen LogP contribution in [0.2, 0.25) is 0 Å². The molecule has 0 aliphatic carbocycles. The molecule has 0 spiro atoms. The van der Waals surface area contributed by atoms with Crippen molar-refractivity contribution in [1.82, 2.24) is 30.7 Å². The Morgan fingerprint density at radius 3 is 2.39 bits per heavy atom. The highest BCUT2D eigenvalue weighted by Crippen LogP contribution is 2.19. The molecule has 0 radical (unpaired) electrons. The van der Waals surface area contributed by atoms with Crippen LogP contribution in [0.25, 0.3) is 0 Å². The first-order chi connectivity index (χ1) is 24.2. The van der Waals surface area contributed by atoms with Crippen LogP contribution in [0, 0.1) is 24.6 Å². The molecule has 3 aromatic rings. The quantitative estimate of drug-likeness (QED) is 0.183. The van der Waals surface area contributed by atoms with Crippen molar-refractivity contribution in [1.29, 1.82) is 0 Å². The van der Waals surface area contributed by atoms with Gasteiger partial charge in [0.2, 0.25) is 11.8 Å². The van der Waals surface area contributed by atoms with Gasteiger partial charge in [-0.2, -0.15) is 0 Å². The molecule has 4 rings (SSSR count). The number of aromatic nitrogens is 1. The Morgan fingerprint density at radius 2 is 1.76 bits per heavy atom. The Bertz CT molecular complexity index is 1560. The highest BCUT2D eigenvalue weighted by atomic mass is 32.1. The number of carbonyl (C=O) groups excluding carboxylic acids is 3. The van der Waals surface area contributed by atoms with Crippen molar-refractivity contribution in [3.8, 4) is 0 Å². The lowest BCUT2D eigenvalue weighted by atomic mass is 9.93. The lowest BCUT2D eigenvalue weighted by Crippen LogP contribution is -2.63. The number of aliphatic hydroxyl groups is 1. The van der Waals surface area contributed by atoms with Crippen LogP contribution in [0.1, 0.15) is 56.4 Å². The summed E-state index contributed by atoms with van der Waals surface area (Å²) in [6.45, 7) is 13.8. The monoisotopic (exact) mass is 724 g/mol. The van der Waals surface area contributed by atoms with Crippen molar-refractivity contribution < 1.29 is 28.6 Å². The van der Waals surface area contributed by atoms with Crippen LogP contribution in [-0.4, -0.2) is 94.2 Å². The van der Waals surface area contributed by atoms with Gasteiger partial charge in [0.25, 0.3) is 0 Å². The maximum atomic E-state index is 13.8. The summed E-state index contributed by atoms with van der Waals surface area (Å²) < 4.78 is 18.8. The molecule has 1 aromatic heterocycles. The number of aryl methyl sites for hydroxylation is 1. The highest BCUT2D eigenvalue weighted by Gasteiger charge is 2.37. The van der Waals surface area contributed by atoms with Crippen molar-refractivity contribution in [2.24, 2.45) is 11.8 Å². The third-order valence-corrected chi connectivity index (χ3v) is 9.66. The van der Waals surface area contributed by atoms with Crippen molar-refractivity contribution in [3.05, 3.63) is 87.6 Å². The summed E-state index contributed by atoms with van der Waals surface area (Å²) in [6, 6.07) is 14.7. The van der Waals surface area contributed by atoms with Crippen LogP contribution >= 0.6 is 11.3 Å². The van der Waals surface area contributed by atoms with Crippen LogP contribution in [0.4, 0.5) is 9.18 Å². The van der Waals surface area contributed by atoms with E-state index in [0.717, 1.165) is 16.1 Å². The maximum absolute atomic E-state index is 13.8. The Morgan fingerprint density at radius 1 is 1.06 bits per heavy atom. The molecule has 1 saturated heterocycles.